The Morgan fingerprint density at radius 2 is 2.12 bits per heavy atom. The van der Waals surface area contributed by atoms with Crippen LogP contribution < -0.4 is 0 Å². The van der Waals surface area contributed by atoms with Crippen molar-refractivity contribution in [3.05, 3.63) is 0 Å². The first-order valence-electron chi connectivity index (χ1n) is 2.14. The van der Waals surface area contributed by atoms with Gasteiger partial charge in [-0.3, -0.25) is 4.79 Å². The summed E-state index contributed by atoms with van der Waals surface area (Å²) in [4.78, 5) is 10.0. The van der Waals surface area contributed by atoms with Gasteiger partial charge in [0.25, 0.3) is 0 Å². The van der Waals surface area contributed by atoms with E-state index in [1.54, 1.807) is 0 Å². The van der Waals surface area contributed by atoms with Crippen LogP contribution in [0.4, 0.5) is 0 Å². The summed E-state index contributed by atoms with van der Waals surface area (Å²) in [5, 5.41) is 8.22. The van der Waals surface area contributed by atoms with Gasteiger partial charge in [0.15, 0.2) is 0 Å². The van der Waals surface area contributed by atoms with Gasteiger partial charge in [-0.05, 0) is 6.42 Å². The molecular weight excluding hydrogens is 151 g/mol. The van der Waals surface area contributed by atoms with Crippen LogP contribution in [0.1, 0.15) is 6.42 Å². The highest BCUT2D eigenvalue weighted by Crippen LogP contribution is 2.53. The molecular formula is C4H4Cl2O2. The maximum Gasteiger partial charge on any atom is 0.309 e. The van der Waals surface area contributed by atoms with Crippen LogP contribution in [0.15, 0.2) is 0 Å². The van der Waals surface area contributed by atoms with Gasteiger partial charge in [0.1, 0.15) is 4.33 Å². The van der Waals surface area contributed by atoms with E-state index in [1.807, 2.05) is 0 Å². The van der Waals surface area contributed by atoms with E-state index in [9.17, 15) is 4.79 Å². The number of hydrogen-bond acceptors (Lipinski definition) is 1. The molecule has 8 heavy (non-hydrogen) atoms. The Hall–Kier alpha value is 0.0500. The fourth-order valence-electron chi connectivity index (χ4n) is 0.481. The van der Waals surface area contributed by atoms with Gasteiger partial charge in [-0.15, -0.1) is 23.2 Å². The average Bonchev–Trinajstić information content (AvgIpc) is 2.13. The topological polar surface area (TPSA) is 37.3 Å². The number of alkyl halides is 2. The van der Waals surface area contributed by atoms with Crippen molar-refractivity contribution in [1.29, 1.82) is 0 Å². The third-order valence-corrected chi connectivity index (χ3v) is 1.96. The van der Waals surface area contributed by atoms with Crippen molar-refractivity contribution >= 4 is 29.2 Å². The normalized spacial score (nSPS) is 32.0. The molecule has 1 atom stereocenters. The lowest BCUT2D eigenvalue weighted by atomic mass is 10.4. The molecule has 46 valence electrons. The number of rotatable bonds is 1. The molecule has 0 heterocycles. The molecule has 1 fully saturated rings. The molecule has 0 spiro atoms. The predicted molar refractivity (Wildman–Crippen MR) is 30.2 cm³/mol. The first kappa shape index (κ1) is 6.17. The third-order valence-electron chi connectivity index (χ3n) is 1.12. The summed E-state index contributed by atoms with van der Waals surface area (Å²) < 4.78 is -0.966. The molecule has 1 aliphatic carbocycles. The number of carboxylic acid groups (broad SMARTS) is 1. The van der Waals surface area contributed by atoms with Gasteiger partial charge in [-0.2, -0.15) is 0 Å². The molecule has 0 saturated heterocycles. The number of carboxylic acids is 1. The van der Waals surface area contributed by atoms with E-state index in [0.29, 0.717) is 6.42 Å². The van der Waals surface area contributed by atoms with Gasteiger partial charge >= 0.3 is 5.97 Å². The van der Waals surface area contributed by atoms with Crippen molar-refractivity contribution in [2.24, 2.45) is 5.92 Å². The van der Waals surface area contributed by atoms with Crippen molar-refractivity contribution in [1.82, 2.24) is 0 Å². The summed E-state index contributed by atoms with van der Waals surface area (Å²) >= 11 is 10.8. The molecule has 2 nitrogen and oxygen atoms in total. The minimum Gasteiger partial charge on any atom is -0.481 e. The highest BCUT2D eigenvalue weighted by atomic mass is 35.5. The Labute approximate surface area is 56.4 Å². The van der Waals surface area contributed by atoms with Crippen LogP contribution in [-0.2, 0) is 4.79 Å². The van der Waals surface area contributed by atoms with Gasteiger partial charge in [0, 0.05) is 0 Å². The minimum atomic E-state index is -0.966. The van der Waals surface area contributed by atoms with E-state index >= 15 is 0 Å². The Morgan fingerprint density at radius 3 is 2.12 bits per heavy atom. The molecule has 0 unspecified atom stereocenters. The van der Waals surface area contributed by atoms with E-state index < -0.39 is 16.2 Å². The zero-order valence-corrected chi connectivity index (χ0v) is 5.41. The van der Waals surface area contributed by atoms with Gasteiger partial charge in [0.2, 0.25) is 0 Å². The SMILES string of the molecule is O=C(O)[C@@H]1CC1(Cl)Cl. The second-order valence-electron chi connectivity index (χ2n) is 1.86. The number of hydrogen-bond donors (Lipinski definition) is 1. The van der Waals surface area contributed by atoms with Crippen molar-refractivity contribution < 1.29 is 9.90 Å². The highest BCUT2D eigenvalue weighted by molar-refractivity contribution is 6.52. The molecule has 1 N–H and O–H groups in total. The molecule has 0 bridgehead atoms. The van der Waals surface area contributed by atoms with Crippen LogP contribution in [0, 0.1) is 5.92 Å². The standard InChI is InChI=1S/C4H4Cl2O2/c5-4(6)1-2(4)3(7)8/h2H,1H2,(H,7,8)/t2-/m0/s1. The predicted octanol–water partition coefficient (Wildman–Crippen LogP) is 1.26. The van der Waals surface area contributed by atoms with Crippen LogP contribution in [-0.4, -0.2) is 15.4 Å². The van der Waals surface area contributed by atoms with Crippen molar-refractivity contribution in [3.63, 3.8) is 0 Å². The van der Waals surface area contributed by atoms with Crippen molar-refractivity contribution in [2.45, 2.75) is 10.8 Å². The smallest absolute Gasteiger partial charge is 0.309 e. The lowest BCUT2D eigenvalue weighted by Crippen LogP contribution is -2.03. The second-order valence-corrected chi connectivity index (χ2v) is 3.40. The number of carbonyl (C=O) groups is 1. The maximum atomic E-state index is 10.0. The minimum absolute atomic E-state index is 0.380. The summed E-state index contributed by atoms with van der Waals surface area (Å²) in [7, 11) is 0. The quantitative estimate of drug-likeness (QED) is 0.578. The molecule has 0 aliphatic heterocycles. The van der Waals surface area contributed by atoms with Crippen LogP contribution in [0.25, 0.3) is 0 Å². The zero-order valence-electron chi connectivity index (χ0n) is 3.90. The Kier molecular flexibility index (Phi) is 1.17. The monoisotopic (exact) mass is 154 g/mol. The Balaban J connectivity index is 2.48. The van der Waals surface area contributed by atoms with Gasteiger partial charge in [-0.1, -0.05) is 0 Å². The largest absolute Gasteiger partial charge is 0.481 e. The molecule has 1 aliphatic rings. The molecule has 0 radical (unpaired) electrons. The first-order chi connectivity index (χ1) is 3.54. The summed E-state index contributed by atoms with van der Waals surface area (Å²) in [5.74, 6) is -1.44. The summed E-state index contributed by atoms with van der Waals surface area (Å²) in [6.45, 7) is 0. The molecule has 0 aromatic rings. The van der Waals surface area contributed by atoms with Crippen LogP contribution in [0.5, 0.6) is 0 Å². The van der Waals surface area contributed by atoms with E-state index in [-0.39, 0.29) is 0 Å². The van der Waals surface area contributed by atoms with Gasteiger partial charge in [-0.25, -0.2) is 0 Å². The van der Waals surface area contributed by atoms with Crippen molar-refractivity contribution in [2.75, 3.05) is 0 Å². The molecule has 0 amide bonds. The van der Waals surface area contributed by atoms with Gasteiger partial charge in [0.05, 0.1) is 5.92 Å². The zero-order chi connectivity index (χ0) is 6.36. The van der Waals surface area contributed by atoms with Crippen LogP contribution >= 0.6 is 23.2 Å². The lowest BCUT2D eigenvalue weighted by Gasteiger charge is -1.88. The lowest BCUT2D eigenvalue weighted by molar-refractivity contribution is -0.138. The maximum absolute atomic E-state index is 10.0. The van der Waals surface area contributed by atoms with Gasteiger partial charge < -0.3 is 5.11 Å². The fraction of sp³-hybridized carbons (Fsp3) is 0.750. The number of halogens is 2. The summed E-state index contributed by atoms with van der Waals surface area (Å²) in [6.07, 6.45) is 0.380. The molecule has 4 heteroatoms. The molecule has 1 saturated carbocycles. The van der Waals surface area contributed by atoms with Crippen LogP contribution in [0.2, 0.25) is 0 Å². The fourth-order valence-corrected chi connectivity index (χ4v) is 0.976. The Morgan fingerprint density at radius 1 is 1.75 bits per heavy atom. The van der Waals surface area contributed by atoms with Crippen LogP contribution in [0.3, 0.4) is 0 Å². The van der Waals surface area contributed by atoms with E-state index in [2.05, 4.69) is 0 Å². The van der Waals surface area contributed by atoms with E-state index in [0.717, 1.165) is 0 Å². The average molecular weight is 155 g/mol. The summed E-state index contributed by atoms with van der Waals surface area (Å²) in [5.41, 5.74) is 0. The molecule has 0 aromatic heterocycles. The Bertz CT molecular complexity index is 132. The highest BCUT2D eigenvalue weighted by Gasteiger charge is 2.56. The number of aliphatic carboxylic acids is 1. The van der Waals surface area contributed by atoms with E-state index in [1.165, 1.54) is 0 Å². The van der Waals surface area contributed by atoms with Crippen molar-refractivity contribution in [3.8, 4) is 0 Å². The second kappa shape index (κ2) is 1.52. The summed E-state index contributed by atoms with van der Waals surface area (Å²) in [6, 6.07) is 0. The third kappa shape index (κ3) is 0.906. The first-order valence-corrected chi connectivity index (χ1v) is 2.90. The molecule has 0 aromatic carbocycles. The van der Waals surface area contributed by atoms with E-state index in [4.69, 9.17) is 28.3 Å². The molecule has 1 rings (SSSR count).